The van der Waals surface area contributed by atoms with Gasteiger partial charge in [0.25, 0.3) is 0 Å². The van der Waals surface area contributed by atoms with Crippen molar-refractivity contribution in [3.63, 3.8) is 0 Å². The molecule has 2 nitrogen and oxygen atoms in total. The van der Waals surface area contributed by atoms with E-state index in [4.69, 9.17) is 4.99 Å². The fourth-order valence-corrected chi connectivity index (χ4v) is 4.77. The number of fused-ring (bicyclic) bond motifs is 3. The number of alkyl halides is 3. The molecule has 0 bridgehead atoms. The van der Waals surface area contributed by atoms with Crippen molar-refractivity contribution in [2.24, 2.45) is 4.99 Å². The average molecular weight is 358 g/mol. The van der Waals surface area contributed by atoms with Crippen LogP contribution in [0.4, 0.5) is 13.2 Å². The number of benzene rings is 1. The Bertz CT molecular complexity index is 844. The van der Waals surface area contributed by atoms with Gasteiger partial charge in [-0.15, -0.1) is 0 Å². The summed E-state index contributed by atoms with van der Waals surface area (Å²) in [6.45, 7) is 1.97. The zero-order valence-electron chi connectivity index (χ0n) is 14.7. The van der Waals surface area contributed by atoms with E-state index >= 15 is 0 Å². The third-order valence-electron chi connectivity index (χ3n) is 6.05. The number of halogens is 3. The van der Waals surface area contributed by atoms with Crippen molar-refractivity contribution in [3.05, 3.63) is 65.5 Å². The molecule has 2 heterocycles. The summed E-state index contributed by atoms with van der Waals surface area (Å²) in [5.74, 6) is 0. The van der Waals surface area contributed by atoms with Gasteiger partial charge in [-0.25, -0.2) is 0 Å². The first-order valence-electron chi connectivity index (χ1n) is 9.03. The highest BCUT2D eigenvalue weighted by atomic mass is 19.4. The van der Waals surface area contributed by atoms with E-state index in [1.54, 1.807) is 12.3 Å². The lowest BCUT2D eigenvalue weighted by Crippen LogP contribution is -2.56. The molecule has 0 spiro atoms. The summed E-state index contributed by atoms with van der Waals surface area (Å²) in [6.07, 6.45) is -0.616. The van der Waals surface area contributed by atoms with Gasteiger partial charge in [-0.3, -0.25) is 9.98 Å². The molecule has 2 unspecified atom stereocenters. The Kier molecular flexibility index (Phi) is 3.94. The first-order valence-corrected chi connectivity index (χ1v) is 9.03. The molecule has 5 heteroatoms. The third-order valence-corrected chi connectivity index (χ3v) is 6.05. The largest absolute Gasteiger partial charge is 0.391 e. The average Bonchev–Trinajstić information content (AvgIpc) is 2.61. The number of aliphatic imine (C=N–C) groups is 1. The predicted octanol–water partition coefficient (Wildman–Crippen LogP) is 5.46. The standard InChI is InChI=1S/C21H21F3N2/c1-19-11-5-6-12-20(19,14-21(22,23)24)26-18(17-10-4-7-13-25-17)15-8-2-3-9-16(15)19/h2-4,7-10,13H,5-6,11-12,14H2,1H3. The van der Waals surface area contributed by atoms with Crippen molar-refractivity contribution in [2.75, 3.05) is 0 Å². The normalized spacial score (nSPS) is 28.1. The molecule has 0 radical (unpaired) electrons. The lowest BCUT2D eigenvalue weighted by Gasteiger charge is -2.53. The van der Waals surface area contributed by atoms with Crippen molar-refractivity contribution >= 4 is 5.71 Å². The molecular weight excluding hydrogens is 337 g/mol. The maximum atomic E-state index is 13.6. The lowest BCUT2D eigenvalue weighted by molar-refractivity contribution is -0.156. The van der Waals surface area contributed by atoms with Gasteiger partial charge in [0.2, 0.25) is 0 Å². The van der Waals surface area contributed by atoms with E-state index in [-0.39, 0.29) is 0 Å². The minimum absolute atomic E-state index is 0.452. The van der Waals surface area contributed by atoms with E-state index in [0.29, 0.717) is 17.8 Å². The van der Waals surface area contributed by atoms with Crippen LogP contribution in [-0.2, 0) is 5.41 Å². The number of hydrogen-bond donors (Lipinski definition) is 0. The lowest BCUT2D eigenvalue weighted by atomic mass is 9.55. The zero-order chi connectivity index (χ0) is 18.4. The molecule has 1 saturated carbocycles. The Morgan fingerprint density at radius 3 is 2.46 bits per heavy atom. The minimum atomic E-state index is -4.26. The summed E-state index contributed by atoms with van der Waals surface area (Å²) < 4.78 is 40.8. The maximum Gasteiger partial charge on any atom is 0.391 e. The molecule has 1 fully saturated rings. The van der Waals surface area contributed by atoms with Gasteiger partial charge in [-0.2, -0.15) is 13.2 Å². The Balaban J connectivity index is 1.99. The molecule has 1 aliphatic carbocycles. The first-order chi connectivity index (χ1) is 12.3. The van der Waals surface area contributed by atoms with Crippen LogP contribution in [-0.4, -0.2) is 22.4 Å². The Hall–Kier alpha value is -2.17. The van der Waals surface area contributed by atoms with Crippen LogP contribution in [0.25, 0.3) is 0 Å². The van der Waals surface area contributed by atoms with Crippen molar-refractivity contribution in [1.82, 2.24) is 4.98 Å². The van der Waals surface area contributed by atoms with Crippen LogP contribution in [0.15, 0.2) is 53.7 Å². The van der Waals surface area contributed by atoms with Crippen molar-refractivity contribution < 1.29 is 13.2 Å². The maximum absolute atomic E-state index is 13.6. The quantitative estimate of drug-likeness (QED) is 0.700. The van der Waals surface area contributed by atoms with Gasteiger partial charge < -0.3 is 0 Å². The summed E-state index contributed by atoms with van der Waals surface area (Å²) in [5, 5.41) is 0. The summed E-state index contributed by atoms with van der Waals surface area (Å²) in [6, 6.07) is 13.2. The van der Waals surface area contributed by atoms with Crippen LogP contribution in [0.5, 0.6) is 0 Å². The molecule has 1 aromatic heterocycles. The molecule has 26 heavy (non-hydrogen) atoms. The van der Waals surface area contributed by atoms with Crippen LogP contribution in [0, 0.1) is 0 Å². The highest BCUT2D eigenvalue weighted by Crippen LogP contribution is 2.56. The van der Waals surface area contributed by atoms with Crippen molar-refractivity contribution in [2.45, 2.75) is 56.2 Å². The Morgan fingerprint density at radius 2 is 1.73 bits per heavy atom. The topological polar surface area (TPSA) is 25.2 Å². The fraction of sp³-hybridized carbons (Fsp3) is 0.429. The Morgan fingerprint density at radius 1 is 1.00 bits per heavy atom. The second-order valence-corrected chi connectivity index (χ2v) is 7.58. The van der Waals surface area contributed by atoms with Gasteiger partial charge in [0, 0.05) is 17.2 Å². The van der Waals surface area contributed by atoms with Gasteiger partial charge in [-0.1, -0.05) is 50.1 Å². The highest BCUT2D eigenvalue weighted by Gasteiger charge is 2.58. The number of nitrogens with zero attached hydrogens (tertiary/aromatic N) is 2. The van der Waals surface area contributed by atoms with Gasteiger partial charge in [-0.05, 0) is 30.5 Å². The summed E-state index contributed by atoms with van der Waals surface area (Å²) >= 11 is 0. The minimum Gasteiger partial charge on any atom is -0.275 e. The number of rotatable bonds is 2. The second-order valence-electron chi connectivity index (χ2n) is 7.58. The van der Waals surface area contributed by atoms with Crippen LogP contribution >= 0.6 is 0 Å². The molecule has 2 aromatic rings. The molecule has 136 valence electrons. The number of pyridine rings is 1. The van der Waals surface area contributed by atoms with Crippen LogP contribution in [0.1, 0.15) is 55.8 Å². The molecule has 4 rings (SSSR count). The van der Waals surface area contributed by atoms with Crippen LogP contribution < -0.4 is 0 Å². The molecular formula is C21H21F3N2. The molecule has 0 saturated heterocycles. The van der Waals surface area contributed by atoms with E-state index in [2.05, 4.69) is 4.98 Å². The monoisotopic (exact) mass is 358 g/mol. The van der Waals surface area contributed by atoms with E-state index in [9.17, 15) is 13.2 Å². The number of aromatic nitrogens is 1. The molecule has 2 aliphatic rings. The SMILES string of the molecule is CC12CCCCC1(CC(F)(F)F)N=C(c1ccccn1)c1ccccc12. The second kappa shape index (κ2) is 5.93. The van der Waals surface area contributed by atoms with Crippen LogP contribution in [0.2, 0.25) is 0 Å². The third kappa shape index (κ3) is 2.65. The van der Waals surface area contributed by atoms with E-state index < -0.39 is 23.6 Å². The van der Waals surface area contributed by atoms with Gasteiger partial charge >= 0.3 is 6.18 Å². The molecule has 0 N–H and O–H groups in total. The van der Waals surface area contributed by atoms with E-state index in [0.717, 1.165) is 30.4 Å². The predicted molar refractivity (Wildman–Crippen MR) is 95.5 cm³/mol. The van der Waals surface area contributed by atoms with Gasteiger partial charge in [0.1, 0.15) is 0 Å². The molecule has 0 amide bonds. The highest BCUT2D eigenvalue weighted by molar-refractivity contribution is 6.13. The van der Waals surface area contributed by atoms with Crippen LogP contribution in [0.3, 0.4) is 0 Å². The van der Waals surface area contributed by atoms with Gasteiger partial charge in [0.05, 0.1) is 23.4 Å². The summed E-state index contributed by atoms with van der Waals surface area (Å²) in [7, 11) is 0. The first kappa shape index (κ1) is 17.3. The van der Waals surface area contributed by atoms with E-state index in [1.165, 1.54) is 0 Å². The Labute approximate surface area is 151 Å². The molecule has 1 aliphatic heterocycles. The van der Waals surface area contributed by atoms with E-state index in [1.807, 2.05) is 43.3 Å². The van der Waals surface area contributed by atoms with Gasteiger partial charge in [0.15, 0.2) is 0 Å². The fourth-order valence-electron chi connectivity index (χ4n) is 4.77. The summed E-state index contributed by atoms with van der Waals surface area (Å²) in [5.41, 5.74) is 1.33. The van der Waals surface area contributed by atoms with Crippen molar-refractivity contribution in [1.29, 1.82) is 0 Å². The smallest absolute Gasteiger partial charge is 0.275 e. The zero-order valence-corrected chi connectivity index (χ0v) is 14.7. The summed E-state index contributed by atoms with van der Waals surface area (Å²) in [4.78, 5) is 9.22. The molecule has 1 aromatic carbocycles. The molecule has 2 atom stereocenters. The number of hydrogen-bond acceptors (Lipinski definition) is 2. The van der Waals surface area contributed by atoms with Crippen molar-refractivity contribution in [3.8, 4) is 0 Å².